The molecule has 4 heteroatoms. The molecule has 88 valence electrons. The van der Waals surface area contributed by atoms with Gasteiger partial charge in [0, 0.05) is 13.6 Å². The molecule has 0 aromatic heterocycles. The topological polar surface area (TPSA) is 41.6 Å². The number of benzene rings is 1. The molecule has 4 nitrogen and oxygen atoms in total. The lowest BCUT2D eigenvalue weighted by molar-refractivity contribution is 0.203. The van der Waals surface area contributed by atoms with Crippen LogP contribution in [0.2, 0.25) is 0 Å². The predicted molar refractivity (Wildman–Crippen MR) is 63.7 cm³/mol. The van der Waals surface area contributed by atoms with Crippen molar-refractivity contribution in [1.82, 2.24) is 10.2 Å². The van der Waals surface area contributed by atoms with Gasteiger partial charge in [-0.15, -0.1) is 0 Å². The van der Waals surface area contributed by atoms with Crippen LogP contribution >= 0.6 is 0 Å². The van der Waals surface area contributed by atoms with Crippen LogP contribution in [0.25, 0.3) is 0 Å². The first-order valence-corrected chi connectivity index (χ1v) is 5.16. The van der Waals surface area contributed by atoms with Crippen molar-refractivity contribution in [3.05, 3.63) is 29.3 Å². The summed E-state index contributed by atoms with van der Waals surface area (Å²) in [5.74, 6) is 0.569. The lowest BCUT2D eigenvalue weighted by Crippen LogP contribution is -2.22. The number of nitrogens with one attached hydrogen (secondary N) is 1. The van der Waals surface area contributed by atoms with E-state index in [0.29, 0.717) is 5.75 Å². The van der Waals surface area contributed by atoms with E-state index in [4.69, 9.17) is 4.74 Å². The van der Waals surface area contributed by atoms with Gasteiger partial charge in [0.1, 0.15) is 5.75 Å². The summed E-state index contributed by atoms with van der Waals surface area (Å²) in [6, 6.07) is 5.66. The van der Waals surface area contributed by atoms with Crippen molar-refractivity contribution < 1.29 is 9.53 Å². The Hall–Kier alpha value is -1.55. The summed E-state index contributed by atoms with van der Waals surface area (Å²) in [5.41, 5.74) is 2.35. The van der Waals surface area contributed by atoms with Gasteiger partial charge in [-0.3, -0.25) is 0 Å². The van der Waals surface area contributed by atoms with Gasteiger partial charge in [-0.1, -0.05) is 6.07 Å². The van der Waals surface area contributed by atoms with Crippen molar-refractivity contribution in [2.45, 2.75) is 13.5 Å². The van der Waals surface area contributed by atoms with Gasteiger partial charge in [-0.2, -0.15) is 0 Å². The van der Waals surface area contributed by atoms with E-state index >= 15 is 0 Å². The molecule has 0 spiro atoms. The molecular weight excluding hydrogens is 204 g/mol. The van der Waals surface area contributed by atoms with Gasteiger partial charge in [0.25, 0.3) is 0 Å². The third-order valence-corrected chi connectivity index (χ3v) is 2.22. The van der Waals surface area contributed by atoms with E-state index in [1.165, 1.54) is 12.6 Å². The molecule has 0 heterocycles. The fraction of sp³-hybridized carbons (Fsp3) is 0.417. The third kappa shape index (κ3) is 3.55. The molecule has 0 fully saturated rings. The highest BCUT2D eigenvalue weighted by atomic mass is 16.5. The molecular formula is C12H18N2O2. The molecule has 0 atom stereocenters. The highest BCUT2D eigenvalue weighted by Gasteiger charge is 2.05. The van der Waals surface area contributed by atoms with Crippen molar-refractivity contribution in [2.24, 2.45) is 0 Å². The second-order valence-corrected chi connectivity index (χ2v) is 3.97. The Bertz CT molecular complexity index is 375. The van der Waals surface area contributed by atoms with Crippen LogP contribution in [0.1, 0.15) is 11.1 Å². The molecule has 0 bridgehead atoms. The average Bonchev–Trinajstić information content (AvgIpc) is 2.21. The minimum Gasteiger partial charge on any atom is -0.410 e. The van der Waals surface area contributed by atoms with Gasteiger partial charge in [-0.25, -0.2) is 4.79 Å². The Labute approximate surface area is 96.2 Å². The van der Waals surface area contributed by atoms with E-state index in [2.05, 4.69) is 10.2 Å². The van der Waals surface area contributed by atoms with Crippen LogP contribution in [0.5, 0.6) is 5.75 Å². The van der Waals surface area contributed by atoms with E-state index in [1.54, 1.807) is 6.07 Å². The molecule has 0 aliphatic rings. The van der Waals surface area contributed by atoms with E-state index < -0.39 is 6.09 Å². The highest BCUT2D eigenvalue weighted by Crippen LogP contribution is 2.18. The molecule has 0 aliphatic carbocycles. The standard InChI is InChI=1S/C12H18N2O2/c1-9-7-11(16-12(15)13-2)6-5-10(9)8-14(3)4/h5-7H,8H2,1-4H3,(H,13,15). The van der Waals surface area contributed by atoms with Crippen molar-refractivity contribution in [3.8, 4) is 5.75 Å². The molecule has 0 saturated carbocycles. The Morgan fingerprint density at radius 3 is 2.62 bits per heavy atom. The average molecular weight is 222 g/mol. The molecule has 0 radical (unpaired) electrons. The van der Waals surface area contributed by atoms with Gasteiger partial charge in [0.15, 0.2) is 0 Å². The second-order valence-electron chi connectivity index (χ2n) is 3.97. The number of ether oxygens (including phenoxy) is 1. The maximum Gasteiger partial charge on any atom is 0.412 e. The van der Waals surface area contributed by atoms with E-state index in [9.17, 15) is 4.79 Å². The van der Waals surface area contributed by atoms with Gasteiger partial charge in [0.2, 0.25) is 0 Å². The molecule has 1 rings (SSSR count). The van der Waals surface area contributed by atoms with E-state index in [0.717, 1.165) is 12.1 Å². The third-order valence-electron chi connectivity index (χ3n) is 2.22. The summed E-state index contributed by atoms with van der Waals surface area (Å²) in [4.78, 5) is 13.1. The summed E-state index contributed by atoms with van der Waals surface area (Å²) in [6.07, 6.45) is -0.445. The summed E-state index contributed by atoms with van der Waals surface area (Å²) >= 11 is 0. The number of hydrogen-bond donors (Lipinski definition) is 1. The number of nitrogens with zero attached hydrogens (tertiary/aromatic N) is 1. The Balaban J connectivity index is 2.78. The van der Waals surface area contributed by atoms with Crippen LogP contribution in [0.4, 0.5) is 4.79 Å². The highest BCUT2D eigenvalue weighted by molar-refractivity contribution is 5.70. The second kappa shape index (κ2) is 5.51. The molecule has 0 unspecified atom stereocenters. The summed E-state index contributed by atoms with van der Waals surface area (Å²) in [6.45, 7) is 2.89. The fourth-order valence-corrected chi connectivity index (χ4v) is 1.41. The first-order chi connectivity index (χ1) is 7.52. The van der Waals surface area contributed by atoms with E-state index in [-0.39, 0.29) is 0 Å². The SMILES string of the molecule is CNC(=O)Oc1ccc(CN(C)C)c(C)c1. The van der Waals surface area contributed by atoms with Crippen LogP contribution in [0.3, 0.4) is 0 Å². The number of carbonyl (C=O) groups excluding carboxylic acids is 1. The minimum atomic E-state index is -0.445. The van der Waals surface area contributed by atoms with Gasteiger partial charge in [0.05, 0.1) is 0 Å². The van der Waals surface area contributed by atoms with Crippen LogP contribution in [0.15, 0.2) is 18.2 Å². The van der Waals surface area contributed by atoms with Crippen molar-refractivity contribution in [2.75, 3.05) is 21.1 Å². The Morgan fingerprint density at radius 1 is 1.44 bits per heavy atom. The number of rotatable bonds is 3. The first-order valence-electron chi connectivity index (χ1n) is 5.16. The predicted octanol–water partition coefficient (Wildman–Crippen LogP) is 1.77. The van der Waals surface area contributed by atoms with E-state index in [1.807, 2.05) is 33.2 Å². The number of hydrogen-bond acceptors (Lipinski definition) is 3. The molecule has 1 aromatic carbocycles. The van der Waals surface area contributed by atoms with Crippen LogP contribution < -0.4 is 10.1 Å². The monoisotopic (exact) mass is 222 g/mol. The Kier molecular flexibility index (Phi) is 4.31. The molecule has 1 N–H and O–H groups in total. The first kappa shape index (κ1) is 12.5. The van der Waals surface area contributed by atoms with Crippen LogP contribution in [-0.4, -0.2) is 32.1 Å². The maximum atomic E-state index is 11.0. The van der Waals surface area contributed by atoms with Gasteiger partial charge < -0.3 is 15.0 Å². The van der Waals surface area contributed by atoms with Gasteiger partial charge >= 0.3 is 6.09 Å². The molecule has 0 aliphatic heterocycles. The van der Waals surface area contributed by atoms with Crippen molar-refractivity contribution in [3.63, 3.8) is 0 Å². The zero-order valence-electron chi connectivity index (χ0n) is 10.2. The number of aryl methyl sites for hydroxylation is 1. The largest absolute Gasteiger partial charge is 0.412 e. The lowest BCUT2D eigenvalue weighted by Gasteiger charge is -2.13. The zero-order chi connectivity index (χ0) is 12.1. The Morgan fingerprint density at radius 2 is 2.12 bits per heavy atom. The smallest absolute Gasteiger partial charge is 0.410 e. The van der Waals surface area contributed by atoms with Crippen molar-refractivity contribution in [1.29, 1.82) is 0 Å². The van der Waals surface area contributed by atoms with Crippen LogP contribution in [0, 0.1) is 6.92 Å². The molecule has 0 saturated heterocycles. The normalized spacial score (nSPS) is 10.3. The fourth-order valence-electron chi connectivity index (χ4n) is 1.41. The summed E-state index contributed by atoms with van der Waals surface area (Å²) < 4.78 is 5.04. The number of carbonyl (C=O) groups is 1. The van der Waals surface area contributed by atoms with Gasteiger partial charge in [-0.05, 0) is 44.3 Å². The minimum absolute atomic E-state index is 0.445. The summed E-state index contributed by atoms with van der Waals surface area (Å²) in [5, 5.41) is 2.41. The molecule has 1 amide bonds. The summed E-state index contributed by atoms with van der Waals surface area (Å²) in [7, 11) is 5.58. The van der Waals surface area contributed by atoms with Crippen molar-refractivity contribution >= 4 is 6.09 Å². The maximum absolute atomic E-state index is 11.0. The number of amides is 1. The lowest BCUT2D eigenvalue weighted by atomic mass is 10.1. The zero-order valence-corrected chi connectivity index (χ0v) is 10.2. The molecule has 1 aromatic rings. The molecule has 16 heavy (non-hydrogen) atoms. The van der Waals surface area contributed by atoms with Crippen LogP contribution in [-0.2, 0) is 6.54 Å². The quantitative estimate of drug-likeness (QED) is 0.847.